The second-order valence-corrected chi connectivity index (χ2v) is 4.63. The zero-order valence-electron chi connectivity index (χ0n) is 10.3. The molecule has 1 amide bonds. The minimum Gasteiger partial charge on any atom is -0.339 e. The van der Waals surface area contributed by atoms with Crippen molar-refractivity contribution in [3.8, 4) is 0 Å². The van der Waals surface area contributed by atoms with Gasteiger partial charge in [-0.25, -0.2) is 0 Å². The van der Waals surface area contributed by atoms with Gasteiger partial charge in [0.25, 0.3) is 0 Å². The molecule has 0 spiro atoms. The van der Waals surface area contributed by atoms with Gasteiger partial charge >= 0.3 is 0 Å². The average molecular weight is 224 g/mol. The minimum absolute atomic E-state index is 0.0419. The Morgan fingerprint density at radius 2 is 2.19 bits per heavy atom. The van der Waals surface area contributed by atoms with E-state index >= 15 is 0 Å². The Morgan fingerprint density at radius 1 is 1.50 bits per heavy atom. The summed E-state index contributed by atoms with van der Waals surface area (Å²) in [6.07, 6.45) is 7.03. The highest BCUT2D eigenvalue weighted by Crippen LogP contribution is 2.24. The first-order valence-electron chi connectivity index (χ1n) is 6.36. The van der Waals surface area contributed by atoms with Gasteiger partial charge in [0, 0.05) is 19.1 Å². The first-order valence-corrected chi connectivity index (χ1v) is 6.36. The molecule has 2 N–H and O–H groups in total. The number of nitrogens with zero attached hydrogens (tertiary/aromatic N) is 1. The number of carbonyl (C=O) groups excluding carboxylic acids is 1. The van der Waals surface area contributed by atoms with Gasteiger partial charge in [0.05, 0.1) is 5.92 Å². The zero-order chi connectivity index (χ0) is 12.0. The zero-order valence-corrected chi connectivity index (χ0v) is 10.3. The second kappa shape index (κ2) is 6.69. The van der Waals surface area contributed by atoms with Crippen LogP contribution in [0.15, 0.2) is 12.7 Å². The summed E-state index contributed by atoms with van der Waals surface area (Å²) in [4.78, 5) is 14.2. The standard InChI is InChI=1S/C13H24N2O/c1-3-9-15(10-4-2)13(16)11-7-5-6-8-12(11)14/h3,11-12H,1,4-10,14H2,2H3. The lowest BCUT2D eigenvalue weighted by Gasteiger charge is -2.32. The molecular formula is C13H24N2O. The Labute approximate surface area is 98.7 Å². The van der Waals surface area contributed by atoms with Gasteiger partial charge in [-0.1, -0.05) is 25.8 Å². The third-order valence-electron chi connectivity index (χ3n) is 3.29. The number of rotatable bonds is 5. The largest absolute Gasteiger partial charge is 0.339 e. The fourth-order valence-electron chi connectivity index (χ4n) is 2.42. The first kappa shape index (κ1) is 13.2. The molecule has 3 heteroatoms. The van der Waals surface area contributed by atoms with Crippen LogP contribution in [-0.4, -0.2) is 29.9 Å². The summed E-state index contributed by atoms with van der Waals surface area (Å²) in [5.41, 5.74) is 6.04. The summed E-state index contributed by atoms with van der Waals surface area (Å²) in [5, 5.41) is 0. The Balaban J connectivity index is 2.60. The quantitative estimate of drug-likeness (QED) is 0.725. The van der Waals surface area contributed by atoms with Crippen LogP contribution in [0.4, 0.5) is 0 Å². The maximum absolute atomic E-state index is 12.3. The van der Waals surface area contributed by atoms with Crippen LogP contribution in [0.2, 0.25) is 0 Å². The predicted octanol–water partition coefficient (Wildman–Crippen LogP) is 1.93. The van der Waals surface area contributed by atoms with Crippen LogP contribution in [0.5, 0.6) is 0 Å². The topological polar surface area (TPSA) is 46.3 Å². The summed E-state index contributed by atoms with van der Waals surface area (Å²) >= 11 is 0. The van der Waals surface area contributed by atoms with Gasteiger partial charge in [0.2, 0.25) is 5.91 Å². The van der Waals surface area contributed by atoms with Gasteiger partial charge in [0.15, 0.2) is 0 Å². The third kappa shape index (κ3) is 3.34. The van der Waals surface area contributed by atoms with Gasteiger partial charge in [-0.15, -0.1) is 6.58 Å². The van der Waals surface area contributed by atoms with Crippen LogP contribution in [0.1, 0.15) is 39.0 Å². The summed E-state index contributed by atoms with van der Waals surface area (Å²) in [7, 11) is 0. The molecule has 1 aliphatic rings. The van der Waals surface area contributed by atoms with Crippen molar-refractivity contribution in [1.82, 2.24) is 4.90 Å². The van der Waals surface area contributed by atoms with Gasteiger partial charge < -0.3 is 10.6 Å². The first-order chi connectivity index (χ1) is 7.70. The number of nitrogens with two attached hydrogens (primary N) is 1. The molecule has 92 valence electrons. The van der Waals surface area contributed by atoms with Crippen molar-refractivity contribution in [3.05, 3.63) is 12.7 Å². The van der Waals surface area contributed by atoms with E-state index in [-0.39, 0.29) is 17.9 Å². The van der Waals surface area contributed by atoms with E-state index in [1.165, 1.54) is 6.42 Å². The third-order valence-corrected chi connectivity index (χ3v) is 3.29. The number of hydrogen-bond donors (Lipinski definition) is 1. The van der Waals surface area contributed by atoms with Crippen LogP contribution in [0, 0.1) is 5.92 Å². The van der Waals surface area contributed by atoms with Crippen molar-refractivity contribution in [2.75, 3.05) is 13.1 Å². The molecule has 0 aromatic carbocycles. The van der Waals surface area contributed by atoms with Crippen molar-refractivity contribution in [3.63, 3.8) is 0 Å². The second-order valence-electron chi connectivity index (χ2n) is 4.63. The van der Waals surface area contributed by atoms with Crippen LogP contribution >= 0.6 is 0 Å². The van der Waals surface area contributed by atoms with Gasteiger partial charge in [-0.2, -0.15) is 0 Å². The van der Waals surface area contributed by atoms with E-state index < -0.39 is 0 Å². The van der Waals surface area contributed by atoms with Crippen molar-refractivity contribution in [1.29, 1.82) is 0 Å². The Kier molecular flexibility index (Phi) is 5.53. The summed E-state index contributed by atoms with van der Waals surface area (Å²) in [5.74, 6) is 0.272. The molecule has 2 unspecified atom stereocenters. The normalized spacial score (nSPS) is 25.1. The highest BCUT2D eigenvalue weighted by Gasteiger charge is 2.30. The van der Waals surface area contributed by atoms with E-state index in [0.29, 0.717) is 6.54 Å². The van der Waals surface area contributed by atoms with Crippen LogP contribution in [0.3, 0.4) is 0 Å². The molecular weight excluding hydrogens is 200 g/mol. The Hall–Kier alpha value is -0.830. The smallest absolute Gasteiger partial charge is 0.227 e. The molecule has 16 heavy (non-hydrogen) atoms. The lowest BCUT2D eigenvalue weighted by Crippen LogP contribution is -2.46. The highest BCUT2D eigenvalue weighted by molar-refractivity contribution is 5.79. The Morgan fingerprint density at radius 3 is 2.75 bits per heavy atom. The summed E-state index contributed by atoms with van der Waals surface area (Å²) in [6.45, 7) is 7.25. The molecule has 0 aliphatic heterocycles. The summed E-state index contributed by atoms with van der Waals surface area (Å²) < 4.78 is 0. The van der Waals surface area contributed by atoms with E-state index in [9.17, 15) is 4.79 Å². The molecule has 1 saturated carbocycles. The van der Waals surface area contributed by atoms with E-state index in [1.807, 2.05) is 4.90 Å². The number of amides is 1. The van der Waals surface area contributed by atoms with Gasteiger partial charge in [-0.3, -0.25) is 4.79 Å². The van der Waals surface area contributed by atoms with Crippen molar-refractivity contribution >= 4 is 5.91 Å². The molecule has 0 bridgehead atoms. The van der Waals surface area contributed by atoms with E-state index in [1.54, 1.807) is 6.08 Å². The fourth-order valence-corrected chi connectivity index (χ4v) is 2.42. The molecule has 0 saturated heterocycles. The molecule has 2 atom stereocenters. The lowest BCUT2D eigenvalue weighted by atomic mass is 9.84. The van der Waals surface area contributed by atoms with Crippen molar-refractivity contribution in [2.45, 2.75) is 45.1 Å². The van der Waals surface area contributed by atoms with E-state index in [2.05, 4.69) is 13.5 Å². The van der Waals surface area contributed by atoms with E-state index in [0.717, 1.165) is 32.2 Å². The molecule has 1 rings (SSSR count). The van der Waals surface area contributed by atoms with Crippen LogP contribution < -0.4 is 5.73 Å². The molecule has 0 radical (unpaired) electrons. The number of hydrogen-bond acceptors (Lipinski definition) is 2. The molecule has 0 aromatic heterocycles. The average Bonchev–Trinajstić information content (AvgIpc) is 2.28. The number of carbonyl (C=O) groups is 1. The van der Waals surface area contributed by atoms with Crippen molar-refractivity contribution in [2.24, 2.45) is 11.7 Å². The lowest BCUT2D eigenvalue weighted by molar-refractivity contribution is -0.136. The molecule has 1 fully saturated rings. The van der Waals surface area contributed by atoms with Gasteiger partial charge in [0.1, 0.15) is 0 Å². The molecule has 3 nitrogen and oxygen atoms in total. The predicted molar refractivity (Wildman–Crippen MR) is 67.0 cm³/mol. The molecule has 1 aliphatic carbocycles. The van der Waals surface area contributed by atoms with Crippen molar-refractivity contribution < 1.29 is 4.79 Å². The SMILES string of the molecule is C=CCN(CCC)C(=O)C1CCCCC1N. The maximum atomic E-state index is 12.3. The Bertz CT molecular complexity index is 240. The maximum Gasteiger partial charge on any atom is 0.227 e. The fraction of sp³-hybridized carbons (Fsp3) is 0.769. The summed E-state index contributed by atoms with van der Waals surface area (Å²) in [6, 6.07) is 0.0606. The minimum atomic E-state index is 0.0419. The van der Waals surface area contributed by atoms with Crippen LogP contribution in [0.25, 0.3) is 0 Å². The molecule has 0 aromatic rings. The highest BCUT2D eigenvalue weighted by atomic mass is 16.2. The molecule has 0 heterocycles. The van der Waals surface area contributed by atoms with Gasteiger partial charge in [-0.05, 0) is 19.3 Å². The monoisotopic (exact) mass is 224 g/mol. The van der Waals surface area contributed by atoms with E-state index in [4.69, 9.17) is 5.73 Å². The van der Waals surface area contributed by atoms with Crippen LogP contribution in [-0.2, 0) is 4.79 Å².